The Bertz CT molecular complexity index is 907. The molecule has 8 heteroatoms. The number of hydrogen-bond acceptors (Lipinski definition) is 5. The molecule has 0 aliphatic carbocycles. The fraction of sp³-hybridized carbons (Fsp3) is 0.250. The van der Waals surface area contributed by atoms with Crippen LogP contribution in [0.3, 0.4) is 0 Å². The van der Waals surface area contributed by atoms with Crippen molar-refractivity contribution in [3.05, 3.63) is 63.3 Å². The minimum Gasteiger partial charge on any atom is -0.300 e. The van der Waals surface area contributed by atoms with Gasteiger partial charge >= 0.3 is 5.69 Å². The fourth-order valence-electron chi connectivity index (χ4n) is 2.18. The maximum atomic E-state index is 12.0. The van der Waals surface area contributed by atoms with Crippen molar-refractivity contribution in [3.63, 3.8) is 0 Å². The van der Waals surface area contributed by atoms with E-state index >= 15 is 0 Å². The summed E-state index contributed by atoms with van der Waals surface area (Å²) in [6.07, 6.45) is 3.90. The highest BCUT2D eigenvalue weighted by Gasteiger charge is 2.10. The lowest BCUT2D eigenvalue weighted by Gasteiger charge is -2.01. The lowest BCUT2D eigenvalue weighted by molar-refractivity contribution is -0.117. The molecule has 3 aromatic rings. The largest absolute Gasteiger partial charge is 0.345 e. The second kappa shape index (κ2) is 6.79. The molecule has 24 heavy (non-hydrogen) atoms. The highest BCUT2D eigenvalue weighted by Crippen LogP contribution is 2.21. The molecule has 0 atom stereocenters. The van der Waals surface area contributed by atoms with E-state index in [0.29, 0.717) is 5.13 Å². The summed E-state index contributed by atoms with van der Waals surface area (Å²) in [4.78, 5) is 28.9. The van der Waals surface area contributed by atoms with Crippen LogP contribution in [0.15, 0.2) is 41.6 Å². The van der Waals surface area contributed by atoms with Gasteiger partial charge in [0.1, 0.15) is 12.9 Å². The topological polar surface area (TPSA) is 81.8 Å². The number of benzene rings is 1. The van der Waals surface area contributed by atoms with Crippen LogP contribution < -0.4 is 11.0 Å². The van der Waals surface area contributed by atoms with Crippen LogP contribution >= 0.6 is 11.3 Å². The van der Waals surface area contributed by atoms with E-state index in [1.54, 1.807) is 13.2 Å². The molecule has 0 spiro atoms. The molecule has 0 saturated carbocycles. The van der Waals surface area contributed by atoms with Gasteiger partial charge in [-0.05, 0) is 12.5 Å². The Balaban J connectivity index is 1.61. The van der Waals surface area contributed by atoms with Gasteiger partial charge in [-0.15, -0.1) is 11.3 Å². The molecule has 1 aromatic carbocycles. The van der Waals surface area contributed by atoms with E-state index < -0.39 is 0 Å². The molecule has 3 rings (SSSR count). The average molecular weight is 343 g/mol. The Kier molecular flexibility index (Phi) is 4.57. The summed E-state index contributed by atoms with van der Waals surface area (Å²) >= 11 is 1.42. The predicted octanol–water partition coefficient (Wildman–Crippen LogP) is 1.58. The molecule has 0 saturated heterocycles. The van der Waals surface area contributed by atoms with Crippen LogP contribution in [0.2, 0.25) is 0 Å². The molecule has 0 aliphatic rings. The van der Waals surface area contributed by atoms with Crippen LogP contribution in [-0.2, 0) is 24.8 Å². The zero-order valence-electron chi connectivity index (χ0n) is 13.4. The first-order chi connectivity index (χ1) is 11.5. The molecule has 0 bridgehead atoms. The third-order valence-corrected chi connectivity index (χ3v) is 4.39. The van der Waals surface area contributed by atoms with E-state index in [9.17, 15) is 9.59 Å². The van der Waals surface area contributed by atoms with Crippen molar-refractivity contribution >= 4 is 22.4 Å². The normalized spacial score (nSPS) is 10.8. The molecule has 0 unspecified atom stereocenters. The number of amides is 1. The number of aromatic nitrogens is 4. The highest BCUT2D eigenvalue weighted by molar-refractivity contribution is 7.15. The minimum absolute atomic E-state index is 0.132. The highest BCUT2D eigenvalue weighted by atomic mass is 32.1. The Morgan fingerprint density at radius 3 is 2.71 bits per heavy atom. The van der Waals surface area contributed by atoms with E-state index in [4.69, 9.17) is 0 Å². The lowest BCUT2D eigenvalue weighted by Crippen LogP contribution is -2.29. The van der Waals surface area contributed by atoms with E-state index in [-0.39, 0.29) is 18.1 Å². The summed E-state index contributed by atoms with van der Waals surface area (Å²) in [6, 6.07) is 8.31. The molecule has 124 valence electrons. The van der Waals surface area contributed by atoms with Crippen molar-refractivity contribution in [2.24, 2.45) is 7.05 Å². The van der Waals surface area contributed by atoms with E-state index in [0.717, 1.165) is 16.0 Å². The second-order valence-electron chi connectivity index (χ2n) is 5.52. The SMILES string of the molecule is Cc1ccc(Cc2cnc(NC(=O)Cn3ncn(C)c3=O)s2)cc1. The number of nitrogens with zero attached hydrogens (tertiary/aromatic N) is 4. The Morgan fingerprint density at radius 2 is 2.04 bits per heavy atom. The van der Waals surface area contributed by atoms with Crippen LogP contribution in [0, 0.1) is 6.92 Å². The average Bonchev–Trinajstić information content (AvgIpc) is 3.11. The maximum absolute atomic E-state index is 12.0. The quantitative estimate of drug-likeness (QED) is 0.762. The summed E-state index contributed by atoms with van der Waals surface area (Å²) in [5.74, 6) is -0.327. The number of hydrogen-bond donors (Lipinski definition) is 1. The van der Waals surface area contributed by atoms with E-state index in [1.165, 1.54) is 33.4 Å². The molecule has 1 N–H and O–H groups in total. The van der Waals surface area contributed by atoms with Crippen LogP contribution in [0.1, 0.15) is 16.0 Å². The summed E-state index contributed by atoms with van der Waals surface area (Å²) in [5.41, 5.74) is 2.09. The molecule has 1 amide bonds. The van der Waals surface area contributed by atoms with Crippen LogP contribution in [0.25, 0.3) is 0 Å². The Morgan fingerprint density at radius 1 is 1.29 bits per heavy atom. The molecular weight excluding hydrogens is 326 g/mol. The predicted molar refractivity (Wildman–Crippen MR) is 92.2 cm³/mol. The fourth-order valence-corrected chi connectivity index (χ4v) is 3.04. The number of thiazole rings is 1. The summed E-state index contributed by atoms with van der Waals surface area (Å²) < 4.78 is 2.42. The number of carbonyl (C=O) groups is 1. The zero-order chi connectivity index (χ0) is 17.1. The first-order valence-corrected chi connectivity index (χ1v) is 8.21. The number of anilines is 1. The van der Waals surface area contributed by atoms with Crippen LogP contribution in [0.4, 0.5) is 5.13 Å². The molecular formula is C16H17N5O2S. The molecule has 7 nitrogen and oxygen atoms in total. The minimum atomic E-state index is -0.329. The van der Waals surface area contributed by atoms with Crippen molar-refractivity contribution in [2.75, 3.05) is 5.32 Å². The van der Waals surface area contributed by atoms with Gasteiger partial charge in [0.2, 0.25) is 5.91 Å². The molecule has 0 fully saturated rings. The van der Waals surface area contributed by atoms with Crippen molar-refractivity contribution in [2.45, 2.75) is 19.9 Å². The first kappa shape index (κ1) is 16.1. The zero-order valence-corrected chi connectivity index (χ0v) is 14.2. The molecule has 0 radical (unpaired) electrons. The van der Waals surface area contributed by atoms with Crippen molar-refractivity contribution in [3.8, 4) is 0 Å². The van der Waals surface area contributed by atoms with Crippen LogP contribution in [0.5, 0.6) is 0 Å². The van der Waals surface area contributed by atoms with Crippen LogP contribution in [-0.4, -0.2) is 25.2 Å². The van der Waals surface area contributed by atoms with Gasteiger partial charge in [-0.25, -0.2) is 14.5 Å². The van der Waals surface area contributed by atoms with Gasteiger partial charge in [0.15, 0.2) is 5.13 Å². The standard InChI is InChI=1S/C16H17N5O2S/c1-11-3-5-12(6-4-11)7-13-8-17-15(24-13)19-14(22)9-21-16(23)20(2)10-18-21/h3-6,8,10H,7,9H2,1-2H3,(H,17,19,22). The van der Waals surface area contributed by atoms with Gasteiger partial charge in [0.25, 0.3) is 0 Å². The third kappa shape index (κ3) is 3.77. The van der Waals surface area contributed by atoms with Crippen molar-refractivity contribution < 1.29 is 4.79 Å². The second-order valence-corrected chi connectivity index (χ2v) is 6.64. The molecule has 2 heterocycles. The van der Waals surface area contributed by atoms with Crippen molar-refractivity contribution in [1.29, 1.82) is 0 Å². The number of aryl methyl sites for hydroxylation is 2. The lowest BCUT2D eigenvalue weighted by atomic mass is 10.1. The smallest absolute Gasteiger partial charge is 0.300 e. The van der Waals surface area contributed by atoms with Gasteiger partial charge < -0.3 is 5.32 Å². The molecule has 2 aromatic heterocycles. The third-order valence-electron chi connectivity index (χ3n) is 3.48. The Labute approximate surface area is 142 Å². The van der Waals surface area contributed by atoms with E-state index in [1.807, 2.05) is 0 Å². The van der Waals surface area contributed by atoms with E-state index in [2.05, 4.69) is 46.6 Å². The first-order valence-electron chi connectivity index (χ1n) is 7.40. The monoisotopic (exact) mass is 343 g/mol. The van der Waals surface area contributed by atoms with Gasteiger partial charge in [0, 0.05) is 24.5 Å². The molecule has 0 aliphatic heterocycles. The number of rotatable bonds is 5. The number of nitrogens with one attached hydrogen (secondary N) is 1. The van der Waals surface area contributed by atoms with Gasteiger partial charge in [-0.1, -0.05) is 29.8 Å². The maximum Gasteiger partial charge on any atom is 0.345 e. The van der Waals surface area contributed by atoms with Gasteiger partial charge in [0.05, 0.1) is 0 Å². The van der Waals surface area contributed by atoms with Gasteiger partial charge in [-0.3, -0.25) is 9.36 Å². The van der Waals surface area contributed by atoms with Crippen molar-refractivity contribution in [1.82, 2.24) is 19.3 Å². The summed E-state index contributed by atoms with van der Waals surface area (Å²) in [6.45, 7) is 1.92. The summed E-state index contributed by atoms with van der Waals surface area (Å²) in [5, 5.41) is 7.08. The number of carbonyl (C=O) groups excluding carboxylic acids is 1. The Hall–Kier alpha value is -2.74. The van der Waals surface area contributed by atoms with Gasteiger partial charge in [-0.2, -0.15) is 5.10 Å². The summed E-state index contributed by atoms with van der Waals surface area (Å²) in [7, 11) is 1.59.